The molecule has 4 heteroatoms. The van der Waals surface area contributed by atoms with Gasteiger partial charge in [0.1, 0.15) is 6.54 Å². The molecule has 0 saturated heterocycles. The summed E-state index contributed by atoms with van der Waals surface area (Å²) in [6, 6.07) is 8.19. The number of aryl methyl sites for hydroxylation is 1. The fourth-order valence-corrected chi connectivity index (χ4v) is 2.87. The maximum absolute atomic E-state index is 12.5. The zero-order chi connectivity index (χ0) is 14.5. The van der Waals surface area contributed by atoms with Crippen LogP contribution in [0.4, 0.5) is 0 Å². The van der Waals surface area contributed by atoms with Gasteiger partial charge in [-0.1, -0.05) is 31.2 Å². The highest BCUT2D eigenvalue weighted by molar-refractivity contribution is 5.83. The highest BCUT2D eigenvalue weighted by Gasteiger charge is 2.28. The molecule has 0 heterocycles. The molecule has 1 N–H and O–H groups in total. The van der Waals surface area contributed by atoms with E-state index in [1.807, 2.05) is 19.1 Å². The van der Waals surface area contributed by atoms with Gasteiger partial charge in [-0.15, -0.1) is 0 Å². The Labute approximate surface area is 119 Å². The molecule has 1 unspecified atom stereocenters. The molecule has 1 amide bonds. The lowest BCUT2D eigenvalue weighted by molar-refractivity contribution is -0.146. The lowest BCUT2D eigenvalue weighted by atomic mass is 9.83. The molecule has 2 rings (SSSR count). The molecule has 4 nitrogen and oxygen atoms in total. The van der Waals surface area contributed by atoms with Crippen LogP contribution in [0.3, 0.4) is 0 Å². The van der Waals surface area contributed by atoms with Crippen molar-refractivity contribution in [3.05, 3.63) is 35.4 Å². The fraction of sp³-hybridized carbons (Fsp3) is 0.500. The molecule has 0 aliphatic heterocycles. The van der Waals surface area contributed by atoms with Gasteiger partial charge in [0.15, 0.2) is 0 Å². The molecule has 0 bridgehead atoms. The molecule has 1 aliphatic carbocycles. The first kappa shape index (κ1) is 14.6. The van der Waals surface area contributed by atoms with Crippen molar-refractivity contribution in [1.29, 1.82) is 0 Å². The molecule has 0 aromatic heterocycles. The Bertz CT molecular complexity index is 498. The Hall–Kier alpha value is -1.84. The van der Waals surface area contributed by atoms with Crippen LogP contribution < -0.4 is 0 Å². The largest absolute Gasteiger partial charge is 0.480 e. The van der Waals surface area contributed by atoms with Crippen LogP contribution in [-0.2, 0) is 22.4 Å². The van der Waals surface area contributed by atoms with Gasteiger partial charge in [0.2, 0.25) is 5.91 Å². The summed E-state index contributed by atoms with van der Waals surface area (Å²) < 4.78 is 0. The summed E-state index contributed by atoms with van der Waals surface area (Å²) in [5, 5.41) is 8.92. The van der Waals surface area contributed by atoms with Gasteiger partial charge in [-0.3, -0.25) is 9.59 Å². The van der Waals surface area contributed by atoms with Crippen molar-refractivity contribution in [3.8, 4) is 0 Å². The number of fused-ring (bicyclic) bond motifs is 1. The quantitative estimate of drug-likeness (QED) is 0.895. The molecule has 1 atom stereocenters. The fourth-order valence-electron chi connectivity index (χ4n) is 2.87. The van der Waals surface area contributed by atoms with Crippen molar-refractivity contribution in [2.45, 2.75) is 32.6 Å². The van der Waals surface area contributed by atoms with Gasteiger partial charge >= 0.3 is 5.97 Å². The van der Waals surface area contributed by atoms with Crippen LogP contribution in [0.1, 0.15) is 30.9 Å². The summed E-state index contributed by atoms with van der Waals surface area (Å²) in [5.41, 5.74) is 2.54. The summed E-state index contributed by atoms with van der Waals surface area (Å²) in [5.74, 6) is -1.03. The predicted octanol–water partition coefficient (Wildman–Crippen LogP) is 2.11. The molecular weight excluding hydrogens is 254 g/mol. The minimum Gasteiger partial charge on any atom is -0.480 e. The second-order valence-electron chi connectivity index (χ2n) is 5.36. The van der Waals surface area contributed by atoms with Crippen molar-refractivity contribution in [3.63, 3.8) is 0 Å². The van der Waals surface area contributed by atoms with Crippen LogP contribution in [0.15, 0.2) is 24.3 Å². The van der Waals surface area contributed by atoms with Crippen molar-refractivity contribution < 1.29 is 14.7 Å². The average Bonchev–Trinajstić information content (AvgIpc) is 2.45. The first-order valence-electron chi connectivity index (χ1n) is 7.19. The van der Waals surface area contributed by atoms with Crippen molar-refractivity contribution in [2.75, 3.05) is 13.1 Å². The monoisotopic (exact) mass is 275 g/mol. The summed E-state index contributed by atoms with van der Waals surface area (Å²) >= 11 is 0. The van der Waals surface area contributed by atoms with E-state index in [-0.39, 0.29) is 18.4 Å². The van der Waals surface area contributed by atoms with E-state index in [1.165, 1.54) is 16.0 Å². The molecule has 1 aromatic rings. The maximum atomic E-state index is 12.5. The Kier molecular flexibility index (Phi) is 4.77. The predicted molar refractivity (Wildman–Crippen MR) is 76.5 cm³/mol. The van der Waals surface area contributed by atoms with E-state index in [0.29, 0.717) is 6.54 Å². The van der Waals surface area contributed by atoms with Gasteiger partial charge in [0, 0.05) is 12.5 Å². The number of amides is 1. The average molecular weight is 275 g/mol. The van der Waals surface area contributed by atoms with Crippen LogP contribution in [-0.4, -0.2) is 35.0 Å². The minimum absolute atomic E-state index is 0.0104. The van der Waals surface area contributed by atoms with Crippen molar-refractivity contribution in [2.24, 2.45) is 5.92 Å². The molecule has 0 radical (unpaired) electrons. The number of aliphatic carboxylic acids is 1. The third-order valence-electron chi connectivity index (χ3n) is 3.83. The standard InChI is InChI=1S/C16H21NO3/c1-2-9-17(11-15(18)19)16(20)14-8-7-12-5-3-4-6-13(12)10-14/h3-6,14H,2,7-11H2,1H3,(H,18,19). The van der Waals surface area contributed by atoms with Crippen LogP contribution in [0.25, 0.3) is 0 Å². The number of benzene rings is 1. The zero-order valence-corrected chi connectivity index (χ0v) is 11.8. The maximum Gasteiger partial charge on any atom is 0.323 e. The van der Waals surface area contributed by atoms with Crippen molar-refractivity contribution >= 4 is 11.9 Å². The third kappa shape index (κ3) is 3.38. The van der Waals surface area contributed by atoms with Gasteiger partial charge in [0.05, 0.1) is 0 Å². The van der Waals surface area contributed by atoms with E-state index in [2.05, 4.69) is 12.1 Å². The molecule has 1 aliphatic rings. The van der Waals surface area contributed by atoms with Gasteiger partial charge < -0.3 is 10.0 Å². The normalized spacial score (nSPS) is 17.4. The highest BCUT2D eigenvalue weighted by Crippen LogP contribution is 2.26. The number of hydrogen-bond acceptors (Lipinski definition) is 2. The smallest absolute Gasteiger partial charge is 0.323 e. The van der Waals surface area contributed by atoms with E-state index >= 15 is 0 Å². The summed E-state index contributed by atoms with van der Waals surface area (Å²) in [6.07, 6.45) is 3.23. The lowest BCUT2D eigenvalue weighted by Crippen LogP contribution is -2.41. The van der Waals surface area contributed by atoms with E-state index < -0.39 is 5.97 Å². The van der Waals surface area contributed by atoms with Crippen LogP contribution >= 0.6 is 0 Å². The molecule has 0 fully saturated rings. The molecule has 108 valence electrons. The number of carboxylic acids is 1. The zero-order valence-electron chi connectivity index (χ0n) is 11.8. The topological polar surface area (TPSA) is 57.6 Å². The molecular formula is C16H21NO3. The van der Waals surface area contributed by atoms with Crippen LogP contribution in [0.5, 0.6) is 0 Å². The first-order valence-corrected chi connectivity index (χ1v) is 7.19. The Balaban J connectivity index is 2.07. The summed E-state index contributed by atoms with van der Waals surface area (Å²) in [6.45, 7) is 2.28. The number of rotatable bonds is 5. The van der Waals surface area contributed by atoms with Gasteiger partial charge in [-0.05, 0) is 36.8 Å². The van der Waals surface area contributed by atoms with Gasteiger partial charge in [-0.2, -0.15) is 0 Å². The Morgan fingerprint density at radius 1 is 1.30 bits per heavy atom. The molecule has 0 spiro atoms. The second kappa shape index (κ2) is 6.55. The molecule has 1 aromatic carbocycles. The SMILES string of the molecule is CCCN(CC(=O)O)C(=O)C1CCc2ccccc2C1. The Morgan fingerprint density at radius 3 is 2.65 bits per heavy atom. The van der Waals surface area contributed by atoms with E-state index in [4.69, 9.17) is 5.11 Å². The summed E-state index contributed by atoms with van der Waals surface area (Å²) in [7, 11) is 0. The van der Waals surface area contributed by atoms with E-state index in [0.717, 1.165) is 25.7 Å². The van der Waals surface area contributed by atoms with E-state index in [1.54, 1.807) is 0 Å². The third-order valence-corrected chi connectivity index (χ3v) is 3.83. The lowest BCUT2D eigenvalue weighted by Gasteiger charge is -2.29. The van der Waals surface area contributed by atoms with Gasteiger partial charge in [-0.25, -0.2) is 0 Å². The second-order valence-corrected chi connectivity index (χ2v) is 5.36. The van der Waals surface area contributed by atoms with Gasteiger partial charge in [0.25, 0.3) is 0 Å². The highest BCUT2D eigenvalue weighted by atomic mass is 16.4. The first-order chi connectivity index (χ1) is 9.61. The number of carbonyl (C=O) groups excluding carboxylic acids is 1. The number of hydrogen-bond donors (Lipinski definition) is 1. The summed E-state index contributed by atoms with van der Waals surface area (Å²) in [4.78, 5) is 24.9. The van der Waals surface area contributed by atoms with Crippen LogP contribution in [0.2, 0.25) is 0 Å². The molecule has 20 heavy (non-hydrogen) atoms. The Morgan fingerprint density at radius 2 is 2.00 bits per heavy atom. The van der Waals surface area contributed by atoms with Crippen molar-refractivity contribution in [1.82, 2.24) is 4.90 Å². The van der Waals surface area contributed by atoms with Crippen LogP contribution in [0, 0.1) is 5.92 Å². The minimum atomic E-state index is -0.942. The van der Waals surface area contributed by atoms with E-state index in [9.17, 15) is 9.59 Å². The number of nitrogens with zero attached hydrogens (tertiary/aromatic N) is 1. The number of carboxylic acid groups (broad SMARTS) is 1. The number of carbonyl (C=O) groups is 2. The molecule has 0 saturated carbocycles.